The van der Waals surface area contributed by atoms with Crippen LogP contribution in [0.15, 0.2) is 4.99 Å². The van der Waals surface area contributed by atoms with E-state index in [2.05, 4.69) is 37.3 Å². The highest BCUT2D eigenvalue weighted by atomic mass is 127. The van der Waals surface area contributed by atoms with E-state index in [1.807, 2.05) is 7.05 Å². The Bertz CT molecular complexity index is 457. The lowest BCUT2D eigenvalue weighted by atomic mass is 10.2. The molecule has 0 amide bonds. The first-order valence-corrected chi connectivity index (χ1v) is 8.20. The van der Waals surface area contributed by atoms with Gasteiger partial charge in [0, 0.05) is 39.5 Å². The van der Waals surface area contributed by atoms with Crippen molar-refractivity contribution < 1.29 is 0 Å². The summed E-state index contributed by atoms with van der Waals surface area (Å²) in [5.41, 5.74) is 0. The maximum Gasteiger partial charge on any atom is 0.190 e. The van der Waals surface area contributed by atoms with Gasteiger partial charge in [-0.3, -0.25) is 4.99 Å². The number of halogens is 1. The second-order valence-corrected chi connectivity index (χ2v) is 5.52. The topological polar surface area (TPSA) is 67.1 Å². The summed E-state index contributed by atoms with van der Waals surface area (Å²) in [6.45, 7) is 5.07. The van der Waals surface area contributed by atoms with Crippen molar-refractivity contribution in [2.45, 2.75) is 58.4 Å². The van der Waals surface area contributed by atoms with Crippen LogP contribution in [0.1, 0.15) is 50.7 Å². The Morgan fingerprint density at radius 1 is 1.18 bits per heavy atom. The lowest BCUT2D eigenvalue weighted by Gasteiger charge is -2.12. The summed E-state index contributed by atoms with van der Waals surface area (Å²) < 4.78 is 2.31. The van der Waals surface area contributed by atoms with Crippen molar-refractivity contribution in [1.82, 2.24) is 25.4 Å². The van der Waals surface area contributed by atoms with Gasteiger partial charge in [-0.15, -0.1) is 34.2 Å². The average Bonchev–Trinajstić information content (AvgIpc) is 2.73. The first kappa shape index (κ1) is 19.2. The van der Waals surface area contributed by atoms with Gasteiger partial charge in [0.1, 0.15) is 11.6 Å². The van der Waals surface area contributed by atoms with Crippen molar-refractivity contribution in [3.63, 3.8) is 0 Å². The number of guanidine groups is 1. The number of nitrogens with zero attached hydrogens (tertiary/aromatic N) is 4. The molecule has 7 heteroatoms. The molecular weight excluding hydrogens is 391 g/mol. The number of fused-ring (bicyclic) bond motifs is 1. The molecule has 0 aromatic carbocycles. The normalized spacial score (nSPS) is 14.7. The molecule has 2 heterocycles. The quantitative estimate of drug-likeness (QED) is 0.320. The predicted molar refractivity (Wildman–Crippen MR) is 101 cm³/mol. The number of aryl methyl sites for hydroxylation is 1. The van der Waals surface area contributed by atoms with Crippen LogP contribution in [0, 0.1) is 0 Å². The third kappa shape index (κ3) is 5.73. The fourth-order valence-corrected chi connectivity index (χ4v) is 2.63. The highest BCUT2D eigenvalue weighted by Gasteiger charge is 2.14. The maximum atomic E-state index is 4.35. The molecule has 0 bridgehead atoms. The van der Waals surface area contributed by atoms with Crippen molar-refractivity contribution in [2.75, 3.05) is 20.1 Å². The summed E-state index contributed by atoms with van der Waals surface area (Å²) >= 11 is 0. The minimum Gasteiger partial charge on any atom is -0.356 e. The zero-order valence-corrected chi connectivity index (χ0v) is 16.1. The van der Waals surface area contributed by atoms with Crippen LogP contribution < -0.4 is 10.6 Å². The molecule has 0 fully saturated rings. The monoisotopic (exact) mass is 420 g/mol. The molecule has 1 aliphatic rings. The van der Waals surface area contributed by atoms with Crippen LogP contribution in [0.4, 0.5) is 0 Å². The standard InChI is InChI=1S/C15H28N6.HI/c1-3-4-10-17-15(16-2)18-11-9-14-20-19-13-8-6-5-7-12-21(13)14;/h3-12H2,1-2H3,(H2,16,17,18);1H. The van der Waals surface area contributed by atoms with E-state index in [0.717, 1.165) is 50.1 Å². The SMILES string of the molecule is CCCCNC(=NC)NCCc1nnc2n1CCCCC2.I. The van der Waals surface area contributed by atoms with Crippen LogP contribution in [0.2, 0.25) is 0 Å². The molecular formula is C15H29IN6. The van der Waals surface area contributed by atoms with Gasteiger partial charge in [0.15, 0.2) is 5.96 Å². The van der Waals surface area contributed by atoms with Crippen molar-refractivity contribution in [1.29, 1.82) is 0 Å². The second-order valence-electron chi connectivity index (χ2n) is 5.52. The van der Waals surface area contributed by atoms with Gasteiger partial charge in [0.25, 0.3) is 0 Å². The Kier molecular flexibility index (Phi) is 9.42. The van der Waals surface area contributed by atoms with Gasteiger partial charge in [-0.05, 0) is 19.3 Å². The summed E-state index contributed by atoms with van der Waals surface area (Å²) in [5.74, 6) is 3.13. The molecule has 0 spiro atoms. The number of hydrogen-bond acceptors (Lipinski definition) is 3. The number of aromatic nitrogens is 3. The first-order chi connectivity index (χ1) is 10.3. The number of unbranched alkanes of at least 4 members (excludes halogenated alkanes) is 1. The fourth-order valence-electron chi connectivity index (χ4n) is 2.63. The highest BCUT2D eigenvalue weighted by molar-refractivity contribution is 14.0. The van der Waals surface area contributed by atoms with Gasteiger partial charge in [0.05, 0.1) is 0 Å². The van der Waals surface area contributed by atoms with E-state index in [4.69, 9.17) is 0 Å². The van der Waals surface area contributed by atoms with Crippen LogP contribution in [-0.2, 0) is 19.4 Å². The molecule has 2 N–H and O–H groups in total. The van der Waals surface area contributed by atoms with Crippen LogP contribution in [0.3, 0.4) is 0 Å². The average molecular weight is 420 g/mol. The van der Waals surface area contributed by atoms with Crippen molar-refractivity contribution in [2.24, 2.45) is 4.99 Å². The zero-order chi connectivity index (χ0) is 14.9. The largest absolute Gasteiger partial charge is 0.356 e. The molecule has 2 rings (SSSR count). The minimum absolute atomic E-state index is 0. The van der Waals surface area contributed by atoms with Crippen LogP contribution in [-0.4, -0.2) is 40.9 Å². The van der Waals surface area contributed by atoms with E-state index >= 15 is 0 Å². The molecule has 126 valence electrons. The van der Waals surface area contributed by atoms with E-state index in [1.54, 1.807) is 0 Å². The predicted octanol–water partition coefficient (Wildman–Crippen LogP) is 2.13. The van der Waals surface area contributed by atoms with E-state index in [1.165, 1.54) is 32.1 Å². The third-order valence-electron chi connectivity index (χ3n) is 3.87. The second kappa shape index (κ2) is 10.8. The smallest absolute Gasteiger partial charge is 0.190 e. The molecule has 0 unspecified atom stereocenters. The summed E-state index contributed by atoms with van der Waals surface area (Å²) in [6.07, 6.45) is 8.10. The van der Waals surface area contributed by atoms with Crippen LogP contribution in [0.25, 0.3) is 0 Å². The van der Waals surface area contributed by atoms with Crippen molar-refractivity contribution >= 4 is 29.9 Å². The Morgan fingerprint density at radius 2 is 2.00 bits per heavy atom. The molecule has 1 aromatic rings. The number of rotatable bonds is 6. The summed E-state index contributed by atoms with van der Waals surface area (Å²) in [6, 6.07) is 0. The molecule has 0 saturated heterocycles. The van der Waals surface area contributed by atoms with Crippen molar-refractivity contribution in [3.8, 4) is 0 Å². The van der Waals surface area contributed by atoms with E-state index in [-0.39, 0.29) is 24.0 Å². The first-order valence-electron chi connectivity index (χ1n) is 8.20. The van der Waals surface area contributed by atoms with E-state index in [9.17, 15) is 0 Å². The van der Waals surface area contributed by atoms with Gasteiger partial charge >= 0.3 is 0 Å². The molecule has 0 aliphatic carbocycles. The molecule has 1 aliphatic heterocycles. The minimum atomic E-state index is 0. The fraction of sp³-hybridized carbons (Fsp3) is 0.800. The molecule has 1 aromatic heterocycles. The van der Waals surface area contributed by atoms with Crippen LogP contribution >= 0.6 is 24.0 Å². The molecule has 0 saturated carbocycles. The lowest BCUT2D eigenvalue weighted by molar-refractivity contribution is 0.600. The summed E-state index contributed by atoms with van der Waals surface area (Å²) in [5, 5.41) is 15.4. The molecule has 0 radical (unpaired) electrons. The van der Waals surface area contributed by atoms with Gasteiger partial charge in [0.2, 0.25) is 0 Å². The van der Waals surface area contributed by atoms with Gasteiger partial charge in [-0.2, -0.15) is 0 Å². The van der Waals surface area contributed by atoms with Gasteiger partial charge in [-0.25, -0.2) is 0 Å². The Hall–Kier alpha value is -0.860. The van der Waals surface area contributed by atoms with Crippen molar-refractivity contribution in [3.05, 3.63) is 11.6 Å². The van der Waals surface area contributed by atoms with Gasteiger partial charge < -0.3 is 15.2 Å². The number of nitrogens with one attached hydrogen (secondary N) is 2. The molecule has 22 heavy (non-hydrogen) atoms. The maximum absolute atomic E-state index is 4.35. The van der Waals surface area contributed by atoms with E-state index < -0.39 is 0 Å². The van der Waals surface area contributed by atoms with E-state index in [0.29, 0.717) is 0 Å². The lowest BCUT2D eigenvalue weighted by Crippen LogP contribution is -2.38. The Morgan fingerprint density at radius 3 is 2.77 bits per heavy atom. The van der Waals surface area contributed by atoms with Gasteiger partial charge in [-0.1, -0.05) is 19.8 Å². The highest BCUT2D eigenvalue weighted by Crippen LogP contribution is 2.14. The summed E-state index contributed by atoms with van der Waals surface area (Å²) in [4.78, 5) is 4.23. The number of hydrogen-bond donors (Lipinski definition) is 2. The third-order valence-corrected chi connectivity index (χ3v) is 3.87. The Balaban J connectivity index is 0.00000242. The van der Waals surface area contributed by atoms with Crippen LogP contribution in [0.5, 0.6) is 0 Å². The molecule has 0 atom stereocenters. The number of aliphatic imine (C=N–C) groups is 1. The molecule has 6 nitrogen and oxygen atoms in total. The zero-order valence-electron chi connectivity index (χ0n) is 13.8. The Labute approximate surface area is 150 Å². The summed E-state index contributed by atoms with van der Waals surface area (Å²) in [7, 11) is 1.81.